The molecule has 0 saturated heterocycles. The summed E-state index contributed by atoms with van der Waals surface area (Å²) in [6.07, 6.45) is 0.511. The van der Waals surface area contributed by atoms with Gasteiger partial charge in [-0.05, 0) is 43.3 Å². The Kier molecular flexibility index (Phi) is 4.84. The van der Waals surface area contributed by atoms with Gasteiger partial charge in [0, 0.05) is 17.9 Å². The second-order valence-corrected chi connectivity index (χ2v) is 5.96. The van der Waals surface area contributed by atoms with Crippen LogP contribution in [0.2, 0.25) is 0 Å². The quantitative estimate of drug-likeness (QED) is 0.497. The maximum absolute atomic E-state index is 8.75. The molecule has 4 nitrogen and oxygen atoms in total. The molecule has 3 aromatic rings. The molecule has 0 aliphatic carbocycles. The average molecular weight is 323 g/mol. The Balaban J connectivity index is 2.03. The first-order chi connectivity index (χ1) is 11.3. The van der Waals surface area contributed by atoms with Crippen LogP contribution in [0.5, 0.6) is 5.75 Å². The topological polar surface area (TPSA) is 50.8 Å². The first kappa shape index (κ1) is 15.4. The summed E-state index contributed by atoms with van der Waals surface area (Å²) in [5.41, 5.74) is 3.07. The number of imidazole rings is 1. The SMILES string of the molecule is CCOc1ccc(-n2c(SCCC#N)nc3ccccc32)cc1. The molecule has 2 aromatic carbocycles. The van der Waals surface area contributed by atoms with Gasteiger partial charge in [0.05, 0.1) is 23.7 Å². The van der Waals surface area contributed by atoms with Crippen molar-refractivity contribution in [1.29, 1.82) is 5.26 Å². The molecular weight excluding hydrogens is 306 g/mol. The van der Waals surface area contributed by atoms with E-state index in [1.807, 2.05) is 49.4 Å². The molecule has 1 aromatic heterocycles. The smallest absolute Gasteiger partial charge is 0.173 e. The van der Waals surface area contributed by atoms with Crippen LogP contribution in [0.25, 0.3) is 16.7 Å². The normalized spacial score (nSPS) is 10.6. The predicted octanol–water partition coefficient (Wildman–Crippen LogP) is 4.43. The van der Waals surface area contributed by atoms with Gasteiger partial charge in [-0.3, -0.25) is 4.57 Å². The zero-order valence-corrected chi connectivity index (χ0v) is 13.7. The number of hydrogen-bond acceptors (Lipinski definition) is 4. The van der Waals surface area contributed by atoms with E-state index < -0.39 is 0 Å². The van der Waals surface area contributed by atoms with Crippen molar-refractivity contribution in [1.82, 2.24) is 9.55 Å². The van der Waals surface area contributed by atoms with Crippen LogP contribution in [0.1, 0.15) is 13.3 Å². The molecule has 0 unspecified atom stereocenters. The molecule has 0 saturated carbocycles. The molecule has 0 fully saturated rings. The van der Waals surface area contributed by atoms with Gasteiger partial charge in [-0.1, -0.05) is 23.9 Å². The molecule has 3 rings (SSSR count). The minimum atomic E-state index is 0.511. The number of nitriles is 1. The molecule has 1 heterocycles. The third-order valence-corrected chi connectivity index (χ3v) is 4.32. The van der Waals surface area contributed by atoms with E-state index in [-0.39, 0.29) is 0 Å². The Morgan fingerprint density at radius 1 is 1.17 bits per heavy atom. The fourth-order valence-electron chi connectivity index (χ4n) is 2.40. The fourth-order valence-corrected chi connectivity index (χ4v) is 3.27. The van der Waals surface area contributed by atoms with Crippen LogP contribution in [0, 0.1) is 11.3 Å². The van der Waals surface area contributed by atoms with Crippen molar-refractivity contribution in [2.45, 2.75) is 18.5 Å². The van der Waals surface area contributed by atoms with Gasteiger partial charge in [0.2, 0.25) is 0 Å². The van der Waals surface area contributed by atoms with E-state index in [1.54, 1.807) is 11.8 Å². The molecule has 116 valence electrons. The van der Waals surface area contributed by atoms with Gasteiger partial charge in [-0.25, -0.2) is 4.98 Å². The Morgan fingerprint density at radius 3 is 2.70 bits per heavy atom. The maximum Gasteiger partial charge on any atom is 0.173 e. The van der Waals surface area contributed by atoms with Crippen LogP contribution >= 0.6 is 11.8 Å². The summed E-state index contributed by atoms with van der Waals surface area (Å²) in [4.78, 5) is 4.70. The van der Waals surface area contributed by atoms with E-state index in [0.717, 1.165) is 33.4 Å². The molecule has 23 heavy (non-hydrogen) atoms. The Morgan fingerprint density at radius 2 is 1.96 bits per heavy atom. The lowest BCUT2D eigenvalue weighted by Gasteiger charge is -2.10. The van der Waals surface area contributed by atoms with E-state index in [2.05, 4.69) is 16.7 Å². The second kappa shape index (κ2) is 7.21. The summed E-state index contributed by atoms with van der Waals surface area (Å²) in [6, 6.07) is 18.3. The zero-order chi connectivity index (χ0) is 16.1. The molecule has 0 N–H and O–H groups in total. The lowest BCUT2D eigenvalue weighted by Crippen LogP contribution is -1.98. The number of thioether (sulfide) groups is 1. The van der Waals surface area contributed by atoms with Gasteiger partial charge in [0.15, 0.2) is 5.16 Å². The van der Waals surface area contributed by atoms with Crippen LogP contribution in [0.4, 0.5) is 0 Å². The lowest BCUT2D eigenvalue weighted by molar-refractivity contribution is 0.340. The Hall–Kier alpha value is -2.45. The molecule has 0 amide bonds. The van der Waals surface area contributed by atoms with Gasteiger partial charge in [0.1, 0.15) is 5.75 Å². The Bertz CT molecular complexity index is 834. The van der Waals surface area contributed by atoms with Gasteiger partial charge in [-0.15, -0.1) is 0 Å². The first-order valence-corrected chi connectivity index (χ1v) is 8.52. The van der Waals surface area contributed by atoms with E-state index in [4.69, 9.17) is 15.0 Å². The number of para-hydroxylation sites is 2. The maximum atomic E-state index is 8.75. The van der Waals surface area contributed by atoms with Crippen LogP contribution in [0.15, 0.2) is 53.7 Å². The number of nitrogens with zero attached hydrogens (tertiary/aromatic N) is 3. The summed E-state index contributed by atoms with van der Waals surface area (Å²) >= 11 is 1.60. The van der Waals surface area contributed by atoms with Crippen molar-refractivity contribution in [3.05, 3.63) is 48.5 Å². The summed E-state index contributed by atoms with van der Waals surface area (Å²) in [6.45, 7) is 2.63. The van der Waals surface area contributed by atoms with Crippen molar-refractivity contribution in [3.8, 4) is 17.5 Å². The van der Waals surface area contributed by atoms with Gasteiger partial charge >= 0.3 is 0 Å². The van der Waals surface area contributed by atoms with Crippen molar-refractivity contribution in [3.63, 3.8) is 0 Å². The standard InChI is InChI=1S/C18H17N3OS/c1-2-22-15-10-8-14(9-11-15)21-17-7-4-3-6-16(17)20-18(21)23-13-5-12-19/h3-4,6-11H,2,5,13H2,1H3. The molecule has 0 radical (unpaired) electrons. The largest absolute Gasteiger partial charge is 0.494 e. The van der Waals surface area contributed by atoms with Crippen LogP contribution in [-0.2, 0) is 0 Å². The third-order valence-electron chi connectivity index (χ3n) is 3.38. The van der Waals surface area contributed by atoms with Crippen LogP contribution < -0.4 is 4.74 Å². The molecule has 5 heteroatoms. The first-order valence-electron chi connectivity index (χ1n) is 7.54. The van der Waals surface area contributed by atoms with Gasteiger partial charge in [0.25, 0.3) is 0 Å². The zero-order valence-electron chi connectivity index (χ0n) is 12.9. The summed E-state index contributed by atoms with van der Waals surface area (Å²) in [5.74, 6) is 1.59. The molecule has 0 aliphatic heterocycles. The van der Waals surface area contributed by atoms with E-state index in [1.165, 1.54) is 0 Å². The van der Waals surface area contributed by atoms with Crippen LogP contribution in [0.3, 0.4) is 0 Å². The number of ether oxygens (including phenoxy) is 1. The molecule has 0 bridgehead atoms. The van der Waals surface area contributed by atoms with Gasteiger partial charge < -0.3 is 4.74 Å². The van der Waals surface area contributed by atoms with Crippen LogP contribution in [-0.4, -0.2) is 21.9 Å². The lowest BCUT2D eigenvalue weighted by atomic mass is 10.2. The highest BCUT2D eigenvalue weighted by atomic mass is 32.2. The fraction of sp³-hybridized carbons (Fsp3) is 0.222. The van der Waals surface area contributed by atoms with Gasteiger partial charge in [-0.2, -0.15) is 5.26 Å². The molecular formula is C18H17N3OS. The van der Waals surface area contributed by atoms with Crippen molar-refractivity contribution in [2.24, 2.45) is 0 Å². The molecule has 0 aliphatic rings. The molecule has 0 spiro atoms. The number of rotatable bonds is 6. The summed E-state index contributed by atoms with van der Waals surface area (Å²) in [7, 11) is 0. The minimum absolute atomic E-state index is 0.511. The molecule has 0 atom stereocenters. The average Bonchev–Trinajstić information content (AvgIpc) is 2.94. The van der Waals surface area contributed by atoms with E-state index in [9.17, 15) is 0 Å². The van der Waals surface area contributed by atoms with Crippen molar-refractivity contribution in [2.75, 3.05) is 12.4 Å². The monoisotopic (exact) mass is 323 g/mol. The van der Waals surface area contributed by atoms with E-state index >= 15 is 0 Å². The highest BCUT2D eigenvalue weighted by Crippen LogP contribution is 2.29. The minimum Gasteiger partial charge on any atom is -0.494 e. The number of fused-ring (bicyclic) bond motifs is 1. The Labute approximate surface area is 139 Å². The summed E-state index contributed by atoms with van der Waals surface area (Å²) in [5, 5.41) is 9.65. The highest BCUT2D eigenvalue weighted by Gasteiger charge is 2.12. The van der Waals surface area contributed by atoms with Crippen molar-refractivity contribution < 1.29 is 4.74 Å². The number of benzene rings is 2. The highest BCUT2D eigenvalue weighted by molar-refractivity contribution is 7.99. The third kappa shape index (κ3) is 3.33. The second-order valence-electron chi connectivity index (χ2n) is 4.90. The van der Waals surface area contributed by atoms with Crippen molar-refractivity contribution >= 4 is 22.8 Å². The summed E-state index contributed by atoms with van der Waals surface area (Å²) < 4.78 is 7.64. The number of hydrogen-bond donors (Lipinski definition) is 0. The van der Waals surface area contributed by atoms with E-state index in [0.29, 0.717) is 13.0 Å². The predicted molar refractivity (Wildman–Crippen MR) is 93.2 cm³/mol. The number of aromatic nitrogens is 2.